The number of aromatic nitrogens is 3. The lowest BCUT2D eigenvalue weighted by atomic mass is 10.1. The van der Waals surface area contributed by atoms with Gasteiger partial charge in [-0.15, -0.1) is 0 Å². The van der Waals surface area contributed by atoms with Gasteiger partial charge in [0.25, 0.3) is 0 Å². The molecule has 0 saturated heterocycles. The summed E-state index contributed by atoms with van der Waals surface area (Å²) in [6.07, 6.45) is 7.34. The average Bonchev–Trinajstić information content (AvgIpc) is 3.10. The van der Waals surface area contributed by atoms with Crippen molar-refractivity contribution in [3.05, 3.63) is 66.8 Å². The average molecular weight is 318 g/mol. The second kappa shape index (κ2) is 5.66. The van der Waals surface area contributed by atoms with Crippen molar-refractivity contribution in [2.75, 3.05) is 4.90 Å². The number of rotatable bonds is 3. The van der Waals surface area contributed by atoms with E-state index in [1.165, 1.54) is 6.20 Å². The lowest BCUT2D eigenvalue weighted by Gasteiger charge is -2.21. The fourth-order valence-electron chi connectivity index (χ4n) is 2.72. The molecule has 24 heavy (non-hydrogen) atoms. The molecule has 0 spiro atoms. The first-order valence-corrected chi connectivity index (χ1v) is 7.48. The van der Waals surface area contributed by atoms with Crippen LogP contribution in [0.25, 0.3) is 22.2 Å². The minimum Gasteiger partial charge on any atom is -0.510 e. The van der Waals surface area contributed by atoms with E-state index in [1.54, 1.807) is 23.4 Å². The molecule has 0 aliphatic carbocycles. The number of aldehydes is 1. The van der Waals surface area contributed by atoms with Gasteiger partial charge in [-0.05, 0) is 18.2 Å². The van der Waals surface area contributed by atoms with Crippen LogP contribution in [0.4, 0.5) is 5.82 Å². The van der Waals surface area contributed by atoms with Gasteiger partial charge >= 0.3 is 0 Å². The summed E-state index contributed by atoms with van der Waals surface area (Å²) in [4.78, 5) is 17.2. The zero-order valence-corrected chi connectivity index (χ0v) is 12.6. The van der Waals surface area contributed by atoms with Crippen LogP contribution in [-0.4, -0.2) is 26.6 Å². The normalized spacial score (nSPS) is 17.1. The molecule has 4 rings (SSSR count). The molecule has 1 atom stereocenters. The Morgan fingerprint density at radius 1 is 1.21 bits per heavy atom. The number of hydrogen-bond acceptors (Lipinski definition) is 5. The van der Waals surface area contributed by atoms with Gasteiger partial charge in [0.1, 0.15) is 17.9 Å². The first-order valence-electron chi connectivity index (χ1n) is 7.48. The van der Waals surface area contributed by atoms with Crippen LogP contribution in [0.3, 0.4) is 0 Å². The Labute approximate surface area is 137 Å². The van der Waals surface area contributed by atoms with Gasteiger partial charge in [0.05, 0.1) is 23.3 Å². The lowest BCUT2D eigenvalue weighted by Crippen LogP contribution is -2.18. The van der Waals surface area contributed by atoms with Crippen LogP contribution in [0.1, 0.15) is 0 Å². The predicted octanol–water partition coefficient (Wildman–Crippen LogP) is 3.17. The van der Waals surface area contributed by atoms with E-state index in [2.05, 4.69) is 15.2 Å². The van der Waals surface area contributed by atoms with Crippen LogP contribution < -0.4 is 4.90 Å². The summed E-state index contributed by atoms with van der Waals surface area (Å²) in [6, 6.07) is 11.6. The molecule has 2 aromatic heterocycles. The Morgan fingerprint density at radius 2 is 2.08 bits per heavy atom. The summed E-state index contributed by atoms with van der Waals surface area (Å²) in [5.41, 5.74) is 2.73. The number of pyridine rings is 1. The summed E-state index contributed by atoms with van der Waals surface area (Å²) in [7, 11) is 0. The number of allylic oxidation sites excluding steroid dienone is 1. The summed E-state index contributed by atoms with van der Waals surface area (Å²) in [6.45, 7) is 0. The molecule has 0 bridgehead atoms. The maximum absolute atomic E-state index is 10.9. The maximum atomic E-state index is 10.9. The van der Waals surface area contributed by atoms with Crippen molar-refractivity contribution in [1.29, 1.82) is 0 Å². The molecule has 1 unspecified atom stereocenters. The molecule has 1 aliphatic rings. The van der Waals surface area contributed by atoms with Crippen molar-refractivity contribution in [1.82, 2.24) is 15.2 Å². The van der Waals surface area contributed by atoms with Gasteiger partial charge in [-0.25, -0.2) is 4.98 Å². The van der Waals surface area contributed by atoms with E-state index < -0.39 is 5.92 Å². The molecule has 6 nitrogen and oxygen atoms in total. The number of aliphatic hydroxyl groups excluding tert-OH is 1. The predicted molar refractivity (Wildman–Crippen MR) is 91.2 cm³/mol. The topological polar surface area (TPSA) is 82.1 Å². The van der Waals surface area contributed by atoms with Crippen LogP contribution >= 0.6 is 0 Å². The molecule has 1 aromatic carbocycles. The molecule has 0 fully saturated rings. The third-order valence-electron chi connectivity index (χ3n) is 3.97. The number of H-pyrrole nitrogens is 1. The number of benzene rings is 1. The van der Waals surface area contributed by atoms with E-state index in [0.717, 1.165) is 22.2 Å². The molecule has 6 heteroatoms. The SMILES string of the molecule is O=CC1C=CN(c2cccc(-c3cccc4[nH]ncc34)n2)C=C1O. The van der Waals surface area contributed by atoms with Crippen molar-refractivity contribution >= 4 is 23.0 Å². The zero-order valence-electron chi connectivity index (χ0n) is 12.6. The molecule has 3 aromatic rings. The van der Waals surface area contributed by atoms with E-state index in [-0.39, 0.29) is 5.76 Å². The van der Waals surface area contributed by atoms with Crippen LogP contribution in [0.5, 0.6) is 0 Å². The maximum Gasteiger partial charge on any atom is 0.137 e. The fourth-order valence-corrected chi connectivity index (χ4v) is 2.72. The van der Waals surface area contributed by atoms with Crippen molar-refractivity contribution in [2.45, 2.75) is 0 Å². The largest absolute Gasteiger partial charge is 0.510 e. The molecule has 0 saturated carbocycles. The van der Waals surface area contributed by atoms with E-state index in [0.29, 0.717) is 12.1 Å². The molecule has 3 heterocycles. The minimum atomic E-state index is -0.593. The van der Waals surface area contributed by atoms with Crippen molar-refractivity contribution in [2.24, 2.45) is 5.92 Å². The quantitative estimate of drug-likeness (QED) is 0.725. The summed E-state index contributed by atoms with van der Waals surface area (Å²) < 4.78 is 0. The van der Waals surface area contributed by atoms with Crippen LogP contribution in [0, 0.1) is 5.92 Å². The summed E-state index contributed by atoms with van der Waals surface area (Å²) >= 11 is 0. The summed E-state index contributed by atoms with van der Waals surface area (Å²) in [5, 5.41) is 17.9. The second-order valence-corrected chi connectivity index (χ2v) is 5.48. The smallest absolute Gasteiger partial charge is 0.137 e. The number of carbonyl (C=O) groups is 1. The second-order valence-electron chi connectivity index (χ2n) is 5.48. The Hall–Kier alpha value is -3.41. The van der Waals surface area contributed by atoms with Crippen LogP contribution in [-0.2, 0) is 4.79 Å². The Kier molecular flexibility index (Phi) is 3.35. The van der Waals surface area contributed by atoms with Gasteiger partial charge in [-0.3, -0.25) is 5.10 Å². The fraction of sp³-hybridized carbons (Fsp3) is 0.0556. The number of carbonyl (C=O) groups excluding carboxylic acids is 1. The van der Waals surface area contributed by atoms with Gasteiger partial charge in [0.15, 0.2) is 0 Å². The Morgan fingerprint density at radius 3 is 2.92 bits per heavy atom. The lowest BCUT2D eigenvalue weighted by molar-refractivity contribution is -0.109. The Balaban J connectivity index is 1.75. The van der Waals surface area contributed by atoms with Gasteiger partial charge < -0.3 is 14.8 Å². The van der Waals surface area contributed by atoms with Gasteiger partial charge in [0, 0.05) is 23.3 Å². The third-order valence-corrected chi connectivity index (χ3v) is 3.97. The van der Waals surface area contributed by atoms with Crippen molar-refractivity contribution in [3.8, 4) is 11.3 Å². The van der Waals surface area contributed by atoms with Crippen LogP contribution in [0.15, 0.2) is 66.8 Å². The van der Waals surface area contributed by atoms with Crippen molar-refractivity contribution < 1.29 is 9.90 Å². The number of anilines is 1. The monoisotopic (exact) mass is 318 g/mol. The number of fused-ring (bicyclic) bond motifs is 1. The first-order chi connectivity index (χ1) is 11.8. The van der Waals surface area contributed by atoms with E-state index in [1.807, 2.05) is 36.4 Å². The van der Waals surface area contributed by atoms with Gasteiger partial charge in [0.2, 0.25) is 0 Å². The number of nitrogens with zero attached hydrogens (tertiary/aromatic N) is 3. The molecular formula is C18H14N4O2. The highest BCUT2D eigenvalue weighted by atomic mass is 16.3. The number of hydrogen-bond donors (Lipinski definition) is 2. The zero-order chi connectivity index (χ0) is 16.5. The molecular weight excluding hydrogens is 304 g/mol. The Bertz CT molecular complexity index is 974. The number of aliphatic hydroxyl groups is 1. The first kappa shape index (κ1) is 14.2. The number of nitrogens with one attached hydrogen (secondary N) is 1. The third kappa shape index (κ3) is 2.34. The minimum absolute atomic E-state index is 0.00311. The molecule has 0 amide bonds. The highest BCUT2D eigenvalue weighted by Gasteiger charge is 2.17. The van der Waals surface area contributed by atoms with E-state index >= 15 is 0 Å². The molecule has 118 valence electrons. The standard InChI is InChI=1S/C18H14N4O2/c23-11-12-7-8-22(10-17(12)24)18-6-2-4-15(20-18)13-3-1-5-16-14(13)9-19-21-16/h1-12,24H,(H,19,21). The molecule has 2 N–H and O–H groups in total. The van der Waals surface area contributed by atoms with Gasteiger partial charge in [-0.1, -0.05) is 24.3 Å². The molecule has 0 radical (unpaired) electrons. The highest BCUT2D eigenvalue weighted by molar-refractivity contribution is 5.93. The van der Waals surface area contributed by atoms with E-state index in [9.17, 15) is 9.90 Å². The highest BCUT2D eigenvalue weighted by Crippen LogP contribution is 2.28. The van der Waals surface area contributed by atoms with E-state index in [4.69, 9.17) is 0 Å². The summed E-state index contributed by atoms with van der Waals surface area (Å²) in [5.74, 6) is 0.0564. The van der Waals surface area contributed by atoms with Gasteiger partial charge in [-0.2, -0.15) is 5.10 Å². The van der Waals surface area contributed by atoms with Crippen molar-refractivity contribution in [3.63, 3.8) is 0 Å². The van der Waals surface area contributed by atoms with Crippen LogP contribution in [0.2, 0.25) is 0 Å². The number of aromatic amines is 1. The molecule has 1 aliphatic heterocycles.